The van der Waals surface area contributed by atoms with E-state index in [-0.39, 0.29) is 11.3 Å². The standard InChI is InChI=1S/C17H18ClN3OS/c1-11-4-6-12(7-5-11)15-13(3-2-8-22-15)10-20-17-14(9-19)16(18)21-23-17/h4-7,13,15,20H,2-3,8,10H2,1H3. The first-order valence-electron chi connectivity index (χ1n) is 7.66. The SMILES string of the molecule is Cc1ccc(C2OCCCC2CNc2snc(Cl)c2C#N)cc1. The molecule has 1 aromatic heterocycles. The molecule has 6 heteroatoms. The fourth-order valence-electron chi connectivity index (χ4n) is 2.89. The molecule has 2 aromatic rings. The predicted octanol–water partition coefficient (Wildman–Crippen LogP) is 4.56. The molecule has 4 nitrogen and oxygen atoms in total. The van der Waals surface area contributed by atoms with Crippen molar-refractivity contribution in [1.82, 2.24) is 4.37 Å². The van der Waals surface area contributed by atoms with Gasteiger partial charge in [0.2, 0.25) is 0 Å². The summed E-state index contributed by atoms with van der Waals surface area (Å²) in [5.41, 5.74) is 2.89. The van der Waals surface area contributed by atoms with Gasteiger partial charge in [0.25, 0.3) is 0 Å². The van der Waals surface area contributed by atoms with Crippen molar-refractivity contribution in [3.8, 4) is 6.07 Å². The molecule has 120 valence electrons. The van der Waals surface area contributed by atoms with Gasteiger partial charge >= 0.3 is 0 Å². The Kier molecular flexibility index (Phi) is 5.16. The minimum absolute atomic E-state index is 0.0887. The average molecular weight is 348 g/mol. The van der Waals surface area contributed by atoms with E-state index in [0.717, 1.165) is 31.0 Å². The second-order valence-electron chi connectivity index (χ2n) is 5.77. The summed E-state index contributed by atoms with van der Waals surface area (Å²) < 4.78 is 10.1. The molecule has 0 saturated carbocycles. The highest BCUT2D eigenvalue weighted by molar-refractivity contribution is 7.10. The molecular weight excluding hydrogens is 330 g/mol. The van der Waals surface area contributed by atoms with E-state index in [1.807, 2.05) is 0 Å². The molecule has 1 aliphatic rings. The van der Waals surface area contributed by atoms with Crippen LogP contribution in [0.4, 0.5) is 5.00 Å². The molecular formula is C17H18ClN3OS. The second kappa shape index (κ2) is 7.31. The van der Waals surface area contributed by atoms with Crippen LogP contribution in [0.15, 0.2) is 24.3 Å². The van der Waals surface area contributed by atoms with E-state index in [2.05, 4.69) is 46.9 Å². The Labute approximate surface area is 145 Å². The lowest BCUT2D eigenvalue weighted by Crippen LogP contribution is -2.28. The third-order valence-corrected chi connectivity index (χ3v) is 5.32. The molecule has 1 N–H and O–H groups in total. The van der Waals surface area contributed by atoms with Crippen LogP contribution in [-0.2, 0) is 4.74 Å². The number of anilines is 1. The number of benzene rings is 1. The molecule has 2 atom stereocenters. The van der Waals surface area contributed by atoms with Crippen LogP contribution in [0.1, 0.15) is 35.6 Å². The molecule has 0 amide bonds. The molecule has 2 unspecified atom stereocenters. The minimum atomic E-state index is 0.0887. The molecule has 1 fully saturated rings. The molecule has 1 aliphatic heterocycles. The Morgan fingerprint density at radius 1 is 1.43 bits per heavy atom. The van der Waals surface area contributed by atoms with E-state index in [9.17, 15) is 0 Å². The molecule has 0 spiro atoms. The Hall–Kier alpha value is -1.61. The number of nitriles is 1. The van der Waals surface area contributed by atoms with Gasteiger partial charge in [0.05, 0.1) is 6.10 Å². The van der Waals surface area contributed by atoms with Gasteiger partial charge in [0, 0.05) is 19.1 Å². The van der Waals surface area contributed by atoms with Gasteiger partial charge in [-0.05, 0) is 36.9 Å². The number of hydrogen-bond donors (Lipinski definition) is 1. The smallest absolute Gasteiger partial charge is 0.162 e. The summed E-state index contributed by atoms with van der Waals surface area (Å²) in [5.74, 6) is 0.360. The third-order valence-electron chi connectivity index (χ3n) is 4.14. The van der Waals surface area contributed by atoms with Crippen LogP contribution < -0.4 is 5.32 Å². The van der Waals surface area contributed by atoms with Crippen molar-refractivity contribution in [1.29, 1.82) is 5.26 Å². The topological polar surface area (TPSA) is 57.9 Å². The summed E-state index contributed by atoms with van der Waals surface area (Å²) in [4.78, 5) is 0. The van der Waals surface area contributed by atoms with Crippen molar-refractivity contribution in [3.63, 3.8) is 0 Å². The Balaban J connectivity index is 1.72. The fourth-order valence-corrected chi connectivity index (χ4v) is 3.83. The van der Waals surface area contributed by atoms with E-state index in [0.29, 0.717) is 11.5 Å². The van der Waals surface area contributed by atoms with Gasteiger partial charge < -0.3 is 10.1 Å². The van der Waals surface area contributed by atoms with Crippen LogP contribution >= 0.6 is 23.1 Å². The summed E-state index contributed by atoms with van der Waals surface area (Å²) in [6.07, 6.45) is 2.24. The lowest BCUT2D eigenvalue weighted by atomic mass is 9.89. The number of aryl methyl sites for hydroxylation is 1. The van der Waals surface area contributed by atoms with Gasteiger partial charge in [-0.2, -0.15) is 9.64 Å². The number of nitrogens with one attached hydrogen (secondary N) is 1. The first-order chi connectivity index (χ1) is 11.2. The maximum Gasteiger partial charge on any atom is 0.162 e. The van der Waals surface area contributed by atoms with Crippen molar-refractivity contribution in [2.45, 2.75) is 25.9 Å². The van der Waals surface area contributed by atoms with Gasteiger partial charge in [-0.25, -0.2) is 0 Å². The van der Waals surface area contributed by atoms with Crippen molar-refractivity contribution in [3.05, 3.63) is 46.1 Å². The fraction of sp³-hybridized carbons (Fsp3) is 0.412. The zero-order chi connectivity index (χ0) is 16.2. The summed E-state index contributed by atoms with van der Waals surface area (Å²) in [6.45, 7) is 3.62. The monoisotopic (exact) mass is 347 g/mol. The van der Waals surface area contributed by atoms with E-state index in [1.54, 1.807) is 0 Å². The molecule has 3 rings (SSSR count). The normalized spacial score (nSPS) is 20.9. The number of halogens is 1. The molecule has 23 heavy (non-hydrogen) atoms. The summed E-state index contributed by atoms with van der Waals surface area (Å²) in [5, 5.41) is 13.5. The zero-order valence-corrected chi connectivity index (χ0v) is 14.5. The molecule has 1 saturated heterocycles. The van der Waals surface area contributed by atoms with Crippen molar-refractivity contribution < 1.29 is 4.74 Å². The van der Waals surface area contributed by atoms with Crippen LogP contribution in [0.2, 0.25) is 5.15 Å². The highest BCUT2D eigenvalue weighted by Gasteiger charge is 2.27. The Bertz CT molecular complexity index is 708. The zero-order valence-electron chi connectivity index (χ0n) is 12.9. The lowest BCUT2D eigenvalue weighted by Gasteiger charge is -2.32. The van der Waals surface area contributed by atoms with Gasteiger partial charge in [-0.1, -0.05) is 41.4 Å². The maximum absolute atomic E-state index is 9.15. The summed E-state index contributed by atoms with van der Waals surface area (Å²) in [6, 6.07) is 10.6. The number of ether oxygens (including phenoxy) is 1. The highest BCUT2D eigenvalue weighted by Crippen LogP contribution is 2.35. The Morgan fingerprint density at radius 2 is 2.22 bits per heavy atom. The molecule has 1 aromatic carbocycles. The predicted molar refractivity (Wildman–Crippen MR) is 92.9 cm³/mol. The van der Waals surface area contributed by atoms with Crippen molar-refractivity contribution in [2.75, 3.05) is 18.5 Å². The number of nitrogens with zero attached hydrogens (tertiary/aromatic N) is 2. The van der Waals surface area contributed by atoms with Crippen LogP contribution in [0.5, 0.6) is 0 Å². The molecule has 0 bridgehead atoms. The van der Waals surface area contributed by atoms with Crippen LogP contribution in [-0.4, -0.2) is 17.5 Å². The highest BCUT2D eigenvalue weighted by atomic mass is 35.5. The van der Waals surface area contributed by atoms with E-state index < -0.39 is 0 Å². The first-order valence-corrected chi connectivity index (χ1v) is 8.81. The number of aromatic nitrogens is 1. The Morgan fingerprint density at radius 3 is 2.96 bits per heavy atom. The van der Waals surface area contributed by atoms with E-state index in [4.69, 9.17) is 21.6 Å². The minimum Gasteiger partial charge on any atom is -0.374 e. The van der Waals surface area contributed by atoms with Crippen LogP contribution in [0.3, 0.4) is 0 Å². The van der Waals surface area contributed by atoms with Crippen LogP contribution in [0.25, 0.3) is 0 Å². The molecule has 2 heterocycles. The summed E-state index contributed by atoms with van der Waals surface area (Å²) in [7, 11) is 0. The quantitative estimate of drug-likeness (QED) is 0.881. The molecule has 0 aliphatic carbocycles. The number of rotatable bonds is 4. The number of hydrogen-bond acceptors (Lipinski definition) is 5. The average Bonchev–Trinajstić information content (AvgIpc) is 2.94. The largest absolute Gasteiger partial charge is 0.374 e. The van der Waals surface area contributed by atoms with Gasteiger partial charge in [-0.15, -0.1) is 0 Å². The van der Waals surface area contributed by atoms with Crippen LogP contribution in [0, 0.1) is 24.2 Å². The molecule has 0 radical (unpaired) electrons. The van der Waals surface area contributed by atoms with E-state index >= 15 is 0 Å². The lowest BCUT2D eigenvalue weighted by molar-refractivity contribution is -0.0238. The van der Waals surface area contributed by atoms with Gasteiger partial charge in [0.15, 0.2) is 5.15 Å². The summed E-state index contributed by atoms with van der Waals surface area (Å²) >= 11 is 7.15. The third kappa shape index (κ3) is 3.66. The van der Waals surface area contributed by atoms with Gasteiger partial charge in [0.1, 0.15) is 16.6 Å². The van der Waals surface area contributed by atoms with Crippen molar-refractivity contribution in [2.24, 2.45) is 5.92 Å². The van der Waals surface area contributed by atoms with E-state index in [1.165, 1.54) is 22.7 Å². The first kappa shape index (κ1) is 16.3. The second-order valence-corrected chi connectivity index (χ2v) is 6.91. The van der Waals surface area contributed by atoms with Crippen molar-refractivity contribution >= 4 is 28.1 Å². The maximum atomic E-state index is 9.15. The van der Waals surface area contributed by atoms with Gasteiger partial charge in [-0.3, -0.25) is 0 Å².